The number of amides is 3. The molecular formula is C20H26N4O4. The Morgan fingerprint density at radius 1 is 1.25 bits per heavy atom. The maximum Gasteiger partial charge on any atom is 0.322 e. The topological polar surface area (TPSA) is 96.7 Å². The van der Waals surface area contributed by atoms with Crippen molar-refractivity contribution in [3.05, 3.63) is 41.7 Å². The van der Waals surface area contributed by atoms with Crippen LogP contribution in [0.25, 0.3) is 0 Å². The summed E-state index contributed by atoms with van der Waals surface area (Å²) in [6.07, 6.45) is 2.71. The van der Waals surface area contributed by atoms with Gasteiger partial charge in [0.15, 0.2) is 5.82 Å². The van der Waals surface area contributed by atoms with Gasteiger partial charge in [0, 0.05) is 24.9 Å². The van der Waals surface area contributed by atoms with Gasteiger partial charge < -0.3 is 24.8 Å². The first-order chi connectivity index (χ1) is 13.5. The van der Waals surface area contributed by atoms with Crippen molar-refractivity contribution in [2.45, 2.75) is 39.2 Å². The Bertz CT molecular complexity index is 797. The molecule has 1 saturated heterocycles. The van der Waals surface area contributed by atoms with E-state index in [4.69, 9.17) is 9.26 Å². The van der Waals surface area contributed by atoms with Crippen LogP contribution in [0, 0.1) is 6.92 Å². The molecule has 150 valence electrons. The summed E-state index contributed by atoms with van der Waals surface area (Å²) in [6.45, 7) is 4.74. The van der Waals surface area contributed by atoms with E-state index in [1.54, 1.807) is 13.0 Å². The van der Waals surface area contributed by atoms with Crippen LogP contribution in [-0.2, 0) is 16.0 Å². The maximum atomic E-state index is 12.8. The van der Waals surface area contributed by atoms with Crippen LogP contribution in [0.5, 0.6) is 0 Å². The molecule has 1 aliphatic rings. The quantitative estimate of drug-likeness (QED) is 0.762. The summed E-state index contributed by atoms with van der Waals surface area (Å²) in [7, 11) is 0. The van der Waals surface area contributed by atoms with Gasteiger partial charge in [-0.15, -0.1) is 0 Å². The molecule has 2 heterocycles. The smallest absolute Gasteiger partial charge is 0.322 e. The van der Waals surface area contributed by atoms with E-state index in [2.05, 4.69) is 22.7 Å². The number of nitrogens with one attached hydrogen (secondary N) is 2. The minimum Gasteiger partial charge on any atom is -0.376 e. The van der Waals surface area contributed by atoms with Gasteiger partial charge in [-0.1, -0.05) is 24.2 Å². The zero-order chi connectivity index (χ0) is 19.9. The zero-order valence-electron chi connectivity index (χ0n) is 16.2. The first kappa shape index (κ1) is 19.9. The highest BCUT2D eigenvalue weighted by Gasteiger charge is 2.25. The van der Waals surface area contributed by atoms with E-state index in [-0.39, 0.29) is 24.6 Å². The second-order valence-electron chi connectivity index (χ2n) is 6.87. The van der Waals surface area contributed by atoms with Gasteiger partial charge in [0.1, 0.15) is 12.3 Å². The van der Waals surface area contributed by atoms with Crippen molar-refractivity contribution in [3.8, 4) is 0 Å². The molecule has 3 rings (SSSR count). The average Bonchev–Trinajstić information content (AvgIpc) is 3.33. The SMILES string of the molecule is CCc1ccc(NC(=O)N(CC(=O)Nc2cc(C)on2)C[C@@H]2CCCO2)cc1. The molecule has 8 nitrogen and oxygen atoms in total. The van der Waals surface area contributed by atoms with Crippen molar-refractivity contribution in [1.29, 1.82) is 0 Å². The van der Waals surface area contributed by atoms with E-state index in [1.807, 2.05) is 24.3 Å². The molecule has 0 saturated carbocycles. The fourth-order valence-electron chi connectivity index (χ4n) is 3.06. The Morgan fingerprint density at radius 2 is 2.04 bits per heavy atom. The second-order valence-corrected chi connectivity index (χ2v) is 6.87. The van der Waals surface area contributed by atoms with E-state index >= 15 is 0 Å². The maximum absolute atomic E-state index is 12.8. The Balaban J connectivity index is 1.64. The summed E-state index contributed by atoms with van der Waals surface area (Å²) in [5, 5.41) is 9.25. The molecule has 2 N–H and O–H groups in total. The van der Waals surface area contributed by atoms with Gasteiger partial charge in [0.2, 0.25) is 5.91 Å². The van der Waals surface area contributed by atoms with E-state index in [0.717, 1.165) is 19.3 Å². The number of rotatable bonds is 7. The van der Waals surface area contributed by atoms with Gasteiger partial charge in [-0.2, -0.15) is 0 Å². The number of benzene rings is 1. The van der Waals surface area contributed by atoms with E-state index in [9.17, 15) is 9.59 Å². The predicted octanol–water partition coefficient (Wildman–Crippen LogP) is 3.20. The summed E-state index contributed by atoms with van der Waals surface area (Å²) in [5.41, 5.74) is 1.88. The van der Waals surface area contributed by atoms with Crippen molar-refractivity contribution < 1.29 is 18.8 Å². The van der Waals surface area contributed by atoms with Gasteiger partial charge in [0.25, 0.3) is 0 Å². The standard InChI is InChI=1S/C20H26N4O4/c1-3-15-6-8-16(9-7-15)21-20(26)24(12-17-5-4-10-27-17)13-19(25)22-18-11-14(2)28-23-18/h6-9,11,17H,3-5,10,12-13H2,1-2H3,(H,21,26)(H,22,23,25)/t17-/m0/s1. The first-order valence-electron chi connectivity index (χ1n) is 9.53. The van der Waals surface area contributed by atoms with Crippen LogP contribution in [0.4, 0.5) is 16.3 Å². The Kier molecular flexibility index (Phi) is 6.65. The number of aryl methyl sites for hydroxylation is 2. The minimum atomic E-state index is -0.345. The van der Waals surface area contributed by atoms with Crippen LogP contribution in [0.1, 0.15) is 31.1 Å². The Hall–Kier alpha value is -2.87. The van der Waals surface area contributed by atoms with Crippen LogP contribution < -0.4 is 10.6 Å². The number of carbonyl (C=O) groups excluding carboxylic acids is 2. The lowest BCUT2D eigenvalue weighted by Crippen LogP contribution is -2.44. The molecule has 0 unspecified atom stereocenters. The molecular weight excluding hydrogens is 360 g/mol. The van der Waals surface area contributed by atoms with Crippen LogP contribution in [0.15, 0.2) is 34.9 Å². The number of carbonyl (C=O) groups is 2. The fraction of sp³-hybridized carbons (Fsp3) is 0.450. The molecule has 1 aromatic carbocycles. The van der Waals surface area contributed by atoms with Gasteiger partial charge >= 0.3 is 6.03 Å². The molecule has 1 atom stereocenters. The highest BCUT2D eigenvalue weighted by Crippen LogP contribution is 2.16. The lowest BCUT2D eigenvalue weighted by molar-refractivity contribution is -0.117. The average molecular weight is 386 g/mol. The van der Waals surface area contributed by atoms with Crippen molar-refractivity contribution in [1.82, 2.24) is 10.1 Å². The number of hydrogen-bond acceptors (Lipinski definition) is 5. The molecule has 3 amide bonds. The van der Waals surface area contributed by atoms with Crippen LogP contribution in [0.2, 0.25) is 0 Å². The number of anilines is 2. The molecule has 1 aromatic heterocycles. The molecule has 1 fully saturated rings. The molecule has 0 aliphatic carbocycles. The Labute approximate surface area is 164 Å². The monoisotopic (exact) mass is 386 g/mol. The highest BCUT2D eigenvalue weighted by atomic mass is 16.5. The van der Waals surface area contributed by atoms with Crippen molar-refractivity contribution >= 4 is 23.4 Å². The summed E-state index contributed by atoms with van der Waals surface area (Å²) < 4.78 is 10.6. The second kappa shape index (κ2) is 9.36. The first-order valence-corrected chi connectivity index (χ1v) is 9.53. The Morgan fingerprint density at radius 3 is 2.64 bits per heavy atom. The number of nitrogens with zero attached hydrogens (tertiary/aromatic N) is 2. The van der Waals surface area contributed by atoms with Crippen molar-refractivity contribution in [2.75, 3.05) is 30.3 Å². The van der Waals surface area contributed by atoms with Gasteiger partial charge in [-0.05, 0) is 43.9 Å². The summed E-state index contributed by atoms with van der Waals surface area (Å²) in [6, 6.07) is 8.95. The van der Waals surface area contributed by atoms with E-state index < -0.39 is 0 Å². The number of hydrogen-bond donors (Lipinski definition) is 2. The van der Waals surface area contributed by atoms with Crippen LogP contribution in [-0.4, -0.2) is 47.8 Å². The third kappa shape index (κ3) is 5.56. The molecule has 0 bridgehead atoms. The van der Waals surface area contributed by atoms with Gasteiger partial charge in [0.05, 0.1) is 6.10 Å². The van der Waals surface area contributed by atoms with Crippen LogP contribution >= 0.6 is 0 Å². The highest BCUT2D eigenvalue weighted by molar-refractivity contribution is 5.96. The predicted molar refractivity (Wildman–Crippen MR) is 105 cm³/mol. The molecule has 8 heteroatoms. The van der Waals surface area contributed by atoms with Crippen molar-refractivity contribution in [2.24, 2.45) is 0 Å². The van der Waals surface area contributed by atoms with E-state index in [0.29, 0.717) is 30.4 Å². The lowest BCUT2D eigenvalue weighted by Gasteiger charge is -2.25. The fourth-order valence-corrected chi connectivity index (χ4v) is 3.06. The minimum absolute atomic E-state index is 0.0599. The number of aromatic nitrogens is 1. The molecule has 2 aromatic rings. The number of ether oxygens (including phenoxy) is 1. The van der Waals surface area contributed by atoms with Crippen molar-refractivity contribution in [3.63, 3.8) is 0 Å². The lowest BCUT2D eigenvalue weighted by atomic mass is 10.1. The van der Waals surface area contributed by atoms with Gasteiger partial charge in [-0.3, -0.25) is 4.79 Å². The third-order valence-electron chi connectivity index (χ3n) is 4.58. The molecule has 0 spiro atoms. The number of urea groups is 1. The summed E-state index contributed by atoms with van der Waals surface area (Å²) in [5.74, 6) is 0.581. The normalized spacial score (nSPS) is 16.0. The van der Waals surface area contributed by atoms with Gasteiger partial charge in [-0.25, -0.2) is 4.79 Å². The van der Waals surface area contributed by atoms with Crippen LogP contribution in [0.3, 0.4) is 0 Å². The molecule has 28 heavy (non-hydrogen) atoms. The summed E-state index contributed by atoms with van der Waals surface area (Å²) in [4.78, 5) is 26.6. The molecule has 0 radical (unpaired) electrons. The van der Waals surface area contributed by atoms with E-state index in [1.165, 1.54) is 10.5 Å². The third-order valence-corrected chi connectivity index (χ3v) is 4.58. The summed E-state index contributed by atoms with van der Waals surface area (Å²) >= 11 is 0. The molecule has 1 aliphatic heterocycles. The zero-order valence-corrected chi connectivity index (χ0v) is 16.2. The largest absolute Gasteiger partial charge is 0.376 e.